The second-order valence-corrected chi connectivity index (χ2v) is 8.83. The number of benzene rings is 1. The van der Waals surface area contributed by atoms with Crippen molar-refractivity contribution >= 4 is 29.6 Å². The molecule has 36 heavy (non-hydrogen) atoms. The molecule has 0 bridgehead atoms. The van der Waals surface area contributed by atoms with Crippen molar-refractivity contribution in [2.75, 3.05) is 0 Å². The number of carbonyl (C=O) groups excluding carboxylic acids is 4. The molecule has 13 heteroatoms. The molecule has 5 unspecified atom stereocenters. The molecule has 4 amide bonds. The molecular formula is C23H35N5O8. The van der Waals surface area contributed by atoms with Crippen LogP contribution in [0, 0.1) is 5.92 Å². The highest BCUT2D eigenvalue weighted by atomic mass is 16.4. The molecule has 0 aromatic heterocycles. The lowest BCUT2D eigenvalue weighted by molar-refractivity contribution is -0.145. The van der Waals surface area contributed by atoms with Gasteiger partial charge < -0.3 is 42.7 Å². The van der Waals surface area contributed by atoms with E-state index < -0.39 is 59.9 Å². The van der Waals surface area contributed by atoms with E-state index in [9.17, 15) is 39.3 Å². The molecule has 0 saturated heterocycles. The van der Waals surface area contributed by atoms with Gasteiger partial charge in [0.2, 0.25) is 23.6 Å². The first-order valence-electron chi connectivity index (χ1n) is 11.4. The Morgan fingerprint density at radius 1 is 0.889 bits per heavy atom. The van der Waals surface area contributed by atoms with Gasteiger partial charge in [-0.25, -0.2) is 4.79 Å². The summed E-state index contributed by atoms with van der Waals surface area (Å²) in [6.45, 7) is 4.60. The van der Waals surface area contributed by atoms with Crippen molar-refractivity contribution in [1.29, 1.82) is 0 Å². The van der Waals surface area contributed by atoms with Crippen LogP contribution in [0.2, 0.25) is 0 Å². The minimum absolute atomic E-state index is 0.0282. The van der Waals surface area contributed by atoms with Crippen molar-refractivity contribution < 1.29 is 39.3 Å². The number of phenols is 1. The largest absolute Gasteiger partial charge is 0.508 e. The topological polar surface area (TPSA) is 234 Å². The summed E-state index contributed by atoms with van der Waals surface area (Å²) in [5.74, 6) is -4.86. The SMILES string of the molecule is CC(C)C(N)C(=O)NC(CCC(N)=O)C(=O)NC(Cc1ccc(O)cc1)C(=O)NC(C(=O)O)C(C)O. The first-order valence-corrected chi connectivity index (χ1v) is 11.4. The maximum atomic E-state index is 13.1. The van der Waals surface area contributed by atoms with Gasteiger partial charge in [-0.3, -0.25) is 19.2 Å². The molecule has 13 nitrogen and oxygen atoms in total. The van der Waals surface area contributed by atoms with Crippen LogP contribution in [0.15, 0.2) is 24.3 Å². The number of rotatable bonds is 14. The summed E-state index contributed by atoms with van der Waals surface area (Å²) in [5, 5.41) is 35.6. The number of carbonyl (C=O) groups is 5. The molecule has 10 N–H and O–H groups in total. The van der Waals surface area contributed by atoms with E-state index in [1.54, 1.807) is 13.8 Å². The fraction of sp³-hybridized carbons (Fsp3) is 0.522. The van der Waals surface area contributed by atoms with Crippen molar-refractivity contribution in [3.05, 3.63) is 29.8 Å². The summed E-state index contributed by atoms with van der Waals surface area (Å²) in [4.78, 5) is 61.2. The number of nitrogens with one attached hydrogen (secondary N) is 3. The predicted octanol–water partition coefficient (Wildman–Crippen LogP) is -1.90. The zero-order valence-electron chi connectivity index (χ0n) is 20.4. The third-order valence-corrected chi connectivity index (χ3v) is 5.39. The van der Waals surface area contributed by atoms with Crippen molar-refractivity contribution in [2.24, 2.45) is 17.4 Å². The van der Waals surface area contributed by atoms with Gasteiger partial charge in [0, 0.05) is 12.8 Å². The Morgan fingerprint density at radius 2 is 1.42 bits per heavy atom. The number of hydrogen-bond acceptors (Lipinski definition) is 8. The Morgan fingerprint density at radius 3 is 1.89 bits per heavy atom. The number of carboxylic acids is 1. The number of aliphatic hydroxyl groups is 1. The van der Waals surface area contributed by atoms with E-state index in [0.717, 1.165) is 0 Å². The number of carboxylic acid groups (broad SMARTS) is 1. The Balaban J connectivity index is 3.19. The van der Waals surface area contributed by atoms with Gasteiger partial charge in [-0.2, -0.15) is 0 Å². The van der Waals surface area contributed by atoms with Crippen LogP contribution in [-0.4, -0.2) is 75.2 Å². The molecule has 0 saturated carbocycles. The van der Waals surface area contributed by atoms with Crippen molar-refractivity contribution in [3.8, 4) is 5.75 Å². The van der Waals surface area contributed by atoms with E-state index in [4.69, 9.17) is 11.5 Å². The first-order chi connectivity index (χ1) is 16.7. The van der Waals surface area contributed by atoms with Crippen LogP contribution in [-0.2, 0) is 30.4 Å². The molecular weight excluding hydrogens is 474 g/mol. The smallest absolute Gasteiger partial charge is 0.328 e. The summed E-state index contributed by atoms with van der Waals surface area (Å²) >= 11 is 0. The zero-order chi connectivity index (χ0) is 27.6. The van der Waals surface area contributed by atoms with Gasteiger partial charge in [-0.05, 0) is 37.0 Å². The summed E-state index contributed by atoms with van der Waals surface area (Å²) in [7, 11) is 0. The molecule has 1 aromatic rings. The minimum atomic E-state index is -1.65. The number of phenolic OH excluding ortho intramolecular Hbond substituents is 1. The predicted molar refractivity (Wildman–Crippen MR) is 128 cm³/mol. The quantitative estimate of drug-likeness (QED) is 0.140. The number of aromatic hydroxyl groups is 1. The number of primary amides is 1. The Hall–Kier alpha value is -3.71. The lowest BCUT2D eigenvalue weighted by Gasteiger charge is -2.26. The number of aliphatic hydroxyl groups excluding tert-OH is 1. The monoisotopic (exact) mass is 509 g/mol. The van der Waals surface area contributed by atoms with Crippen LogP contribution >= 0.6 is 0 Å². The van der Waals surface area contributed by atoms with Gasteiger partial charge in [0.25, 0.3) is 0 Å². The lowest BCUT2D eigenvalue weighted by atomic mass is 10.0. The average molecular weight is 510 g/mol. The fourth-order valence-electron chi connectivity index (χ4n) is 3.12. The lowest BCUT2D eigenvalue weighted by Crippen LogP contribution is -2.59. The molecule has 0 aliphatic rings. The highest BCUT2D eigenvalue weighted by Crippen LogP contribution is 2.12. The van der Waals surface area contributed by atoms with Crippen LogP contribution in [0.4, 0.5) is 0 Å². The molecule has 200 valence electrons. The average Bonchev–Trinajstić information content (AvgIpc) is 2.79. The summed E-state index contributed by atoms with van der Waals surface area (Å²) in [5.41, 5.74) is 11.5. The van der Waals surface area contributed by atoms with Gasteiger partial charge in [-0.15, -0.1) is 0 Å². The van der Waals surface area contributed by atoms with Crippen LogP contribution in [0.3, 0.4) is 0 Å². The third kappa shape index (κ3) is 9.88. The Labute approximate surface area is 208 Å². The van der Waals surface area contributed by atoms with Gasteiger partial charge in [0.1, 0.15) is 17.8 Å². The molecule has 0 heterocycles. The fourth-order valence-corrected chi connectivity index (χ4v) is 3.12. The van der Waals surface area contributed by atoms with E-state index >= 15 is 0 Å². The summed E-state index contributed by atoms with van der Waals surface area (Å²) < 4.78 is 0. The summed E-state index contributed by atoms with van der Waals surface area (Å²) in [6, 6.07) is 0.541. The van der Waals surface area contributed by atoms with Crippen LogP contribution in [0.25, 0.3) is 0 Å². The van der Waals surface area contributed by atoms with Gasteiger partial charge in [0.15, 0.2) is 6.04 Å². The van der Waals surface area contributed by atoms with Crippen LogP contribution in [0.5, 0.6) is 5.75 Å². The van der Waals surface area contributed by atoms with Gasteiger partial charge in [-0.1, -0.05) is 26.0 Å². The van der Waals surface area contributed by atoms with E-state index in [1.807, 2.05) is 0 Å². The highest BCUT2D eigenvalue weighted by molar-refractivity contribution is 5.94. The number of hydrogen-bond donors (Lipinski definition) is 8. The van der Waals surface area contributed by atoms with Crippen molar-refractivity contribution in [1.82, 2.24) is 16.0 Å². The normalized spacial score (nSPS) is 15.2. The second kappa shape index (κ2) is 14.0. The standard InChI is InChI=1S/C23H35N5O8/c1-11(2)18(25)22(34)26-15(8-9-17(24)31)20(32)27-16(10-13-4-6-14(30)7-5-13)21(33)28-19(12(3)29)23(35)36/h4-7,11-12,15-16,18-19,29-30H,8-10,25H2,1-3H3,(H2,24,31)(H,26,34)(H,27,32)(H,28,33)(H,35,36). The molecule has 0 aliphatic carbocycles. The van der Waals surface area contributed by atoms with E-state index in [2.05, 4.69) is 16.0 Å². The van der Waals surface area contributed by atoms with Crippen LogP contribution < -0.4 is 27.4 Å². The molecule has 0 spiro atoms. The van der Waals surface area contributed by atoms with Gasteiger partial charge >= 0.3 is 5.97 Å². The Kier molecular flexibility index (Phi) is 11.8. The maximum absolute atomic E-state index is 13.1. The Bertz CT molecular complexity index is 935. The number of aliphatic carboxylic acids is 1. The molecule has 0 aliphatic heterocycles. The number of nitrogens with two attached hydrogens (primary N) is 2. The number of amides is 4. The summed E-state index contributed by atoms with van der Waals surface area (Å²) in [6.07, 6.45) is -1.97. The molecule has 1 rings (SSSR count). The molecule has 1 aromatic carbocycles. The van der Waals surface area contributed by atoms with Crippen molar-refractivity contribution in [3.63, 3.8) is 0 Å². The van der Waals surface area contributed by atoms with E-state index in [1.165, 1.54) is 31.2 Å². The molecule has 5 atom stereocenters. The van der Waals surface area contributed by atoms with Gasteiger partial charge in [0.05, 0.1) is 12.1 Å². The van der Waals surface area contributed by atoms with E-state index in [0.29, 0.717) is 5.56 Å². The molecule has 0 radical (unpaired) electrons. The molecule has 0 fully saturated rings. The van der Waals surface area contributed by atoms with Crippen LogP contribution in [0.1, 0.15) is 39.2 Å². The maximum Gasteiger partial charge on any atom is 0.328 e. The zero-order valence-corrected chi connectivity index (χ0v) is 20.4. The second-order valence-electron chi connectivity index (χ2n) is 8.83. The van der Waals surface area contributed by atoms with E-state index in [-0.39, 0.29) is 30.9 Å². The third-order valence-electron chi connectivity index (χ3n) is 5.39. The minimum Gasteiger partial charge on any atom is -0.508 e. The first kappa shape index (κ1) is 30.3. The highest BCUT2D eigenvalue weighted by Gasteiger charge is 2.32. The van der Waals surface area contributed by atoms with Crippen molar-refractivity contribution in [2.45, 2.75) is 70.3 Å².